The summed E-state index contributed by atoms with van der Waals surface area (Å²) in [5, 5.41) is 3.94. The van der Waals surface area contributed by atoms with Crippen LogP contribution in [0.5, 0.6) is 5.75 Å². The average Bonchev–Trinajstić information content (AvgIpc) is 2.92. The van der Waals surface area contributed by atoms with E-state index in [4.69, 9.17) is 4.74 Å². The molecular weight excluding hydrogens is 334 g/mol. The number of aromatic nitrogens is 2. The zero-order chi connectivity index (χ0) is 18.1. The van der Waals surface area contributed by atoms with Gasteiger partial charge in [-0.2, -0.15) is 0 Å². The molecule has 0 unspecified atom stereocenters. The number of aryl methyl sites for hydroxylation is 4. The third-order valence-electron chi connectivity index (χ3n) is 4.14. The number of carbonyl (C=O) groups is 1. The van der Waals surface area contributed by atoms with Crippen molar-refractivity contribution >= 4 is 33.1 Å². The molecule has 0 aliphatic rings. The fraction of sp³-hybridized carbons (Fsp3) is 0.316. The Morgan fingerprint density at radius 1 is 1.24 bits per heavy atom. The second-order valence-corrected chi connectivity index (χ2v) is 6.97. The first-order chi connectivity index (χ1) is 11.9. The van der Waals surface area contributed by atoms with Gasteiger partial charge in [-0.05, 0) is 44.0 Å². The number of benzene rings is 1. The highest BCUT2D eigenvalue weighted by atomic mass is 32.1. The Morgan fingerprint density at radius 2 is 2.00 bits per heavy atom. The first-order valence-corrected chi connectivity index (χ1v) is 8.98. The zero-order valence-electron chi connectivity index (χ0n) is 15.1. The fourth-order valence-electron chi connectivity index (χ4n) is 2.87. The molecule has 1 aromatic carbocycles. The van der Waals surface area contributed by atoms with Crippen molar-refractivity contribution in [3.05, 3.63) is 45.7 Å². The van der Waals surface area contributed by atoms with E-state index in [2.05, 4.69) is 15.3 Å². The van der Waals surface area contributed by atoms with Crippen molar-refractivity contribution in [2.45, 2.75) is 34.1 Å². The standard InChI is InChI=1S/C19H21N3O2S/c1-6-15-20-12(4)16-11(3)17(25-19(16)22-15)18(23)21-13-9-10(2)7-8-14(13)24-5/h7-9H,6H2,1-5H3,(H,21,23). The molecule has 0 saturated carbocycles. The Kier molecular flexibility index (Phi) is 4.72. The maximum atomic E-state index is 12.8. The van der Waals surface area contributed by atoms with Gasteiger partial charge in [0.2, 0.25) is 0 Å². The van der Waals surface area contributed by atoms with Gasteiger partial charge in [-0.25, -0.2) is 9.97 Å². The lowest BCUT2D eigenvalue weighted by molar-refractivity contribution is 0.102. The van der Waals surface area contributed by atoms with E-state index in [0.717, 1.165) is 39.3 Å². The van der Waals surface area contributed by atoms with Crippen molar-refractivity contribution in [3.8, 4) is 5.75 Å². The van der Waals surface area contributed by atoms with Gasteiger partial charge in [0.25, 0.3) is 5.91 Å². The molecule has 5 nitrogen and oxygen atoms in total. The number of rotatable bonds is 4. The smallest absolute Gasteiger partial charge is 0.266 e. The van der Waals surface area contributed by atoms with Gasteiger partial charge in [-0.3, -0.25) is 4.79 Å². The number of nitrogens with one attached hydrogen (secondary N) is 1. The second kappa shape index (κ2) is 6.80. The van der Waals surface area contributed by atoms with Crippen molar-refractivity contribution in [2.24, 2.45) is 0 Å². The molecule has 0 bridgehead atoms. The molecule has 2 aromatic heterocycles. The Labute approximate surface area is 151 Å². The molecule has 1 N–H and O–H groups in total. The van der Waals surface area contributed by atoms with E-state index in [-0.39, 0.29) is 5.91 Å². The van der Waals surface area contributed by atoms with Gasteiger partial charge in [-0.15, -0.1) is 11.3 Å². The van der Waals surface area contributed by atoms with Crippen LogP contribution in [0.2, 0.25) is 0 Å². The number of hydrogen-bond acceptors (Lipinski definition) is 5. The first-order valence-electron chi connectivity index (χ1n) is 8.17. The normalized spacial score (nSPS) is 10.9. The quantitative estimate of drug-likeness (QED) is 0.751. The minimum Gasteiger partial charge on any atom is -0.495 e. The van der Waals surface area contributed by atoms with Crippen LogP contribution in [-0.2, 0) is 6.42 Å². The van der Waals surface area contributed by atoms with Crippen LogP contribution >= 0.6 is 11.3 Å². The zero-order valence-corrected chi connectivity index (χ0v) is 15.9. The lowest BCUT2D eigenvalue weighted by atomic mass is 10.1. The number of ether oxygens (including phenoxy) is 1. The largest absolute Gasteiger partial charge is 0.495 e. The summed E-state index contributed by atoms with van der Waals surface area (Å²) < 4.78 is 5.34. The van der Waals surface area contributed by atoms with Crippen molar-refractivity contribution in [3.63, 3.8) is 0 Å². The van der Waals surface area contributed by atoms with E-state index in [1.54, 1.807) is 7.11 Å². The maximum absolute atomic E-state index is 12.8. The van der Waals surface area contributed by atoms with E-state index in [0.29, 0.717) is 16.3 Å². The molecule has 0 aliphatic carbocycles. The third kappa shape index (κ3) is 3.22. The molecule has 25 heavy (non-hydrogen) atoms. The predicted octanol–water partition coefficient (Wildman–Crippen LogP) is 4.44. The minimum atomic E-state index is -0.151. The van der Waals surface area contributed by atoms with Crippen LogP contribution < -0.4 is 10.1 Å². The topological polar surface area (TPSA) is 64.1 Å². The molecule has 2 heterocycles. The molecular formula is C19H21N3O2S. The highest BCUT2D eigenvalue weighted by Crippen LogP contribution is 2.33. The molecule has 6 heteroatoms. The first kappa shape index (κ1) is 17.4. The van der Waals surface area contributed by atoms with Crippen molar-refractivity contribution in [1.82, 2.24) is 9.97 Å². The summed E-state index contributed by atoms with van der Waals surface area (Å²) in [6.07, 6.45) is 0.774. The number of thiophene rings is 1. The van der Waals surface area contributed by atoms with E-state index < -0.39 is 0 Å². The van der Waals surface area contributed by atoms with E-state index in [9.17, 15) is 4.79 Å². The van der Waals surface area contributed by atoms with Gasteiger partial charge < -0.3 is 10.1 Å². The van der Waals surface area contributed by atoms with Crippen molar-refractivity contribution < 1.29 is 9.53 Å². The van der Waals surface area contributed by atoms with Gasteiger partial charge >= 0.3 is 0 Å². The van der Waals surface area contributed by atoms with E-state index >= 15 is 0 Å². The molecule has 0 spiro atoms. The molecule has 1 amide bonds. The predicted molar refractivity (Wildman–Crippen MR) is 102 cm³/mol. The van der Waals surface area contributed by atoms with Crippen LogP contribution in [-0.4, -0.2) is 23.0 Å². The lowest BCUT2D eigenvalue weighted by Gasteiger charge is -2.10. The van der Waals surface area contributed by atoms with Gasteiger partial charge in [0, 0.05) is 17.5 Å². The number of carbonyl (C=O) groups excluding carboxylic acids is 1. The Morgan fingerprint density at radius 3 is 2.68 bits per heavy atom. The highest BCUT2D eigenvalue weighted by molar-refractivity contribution is 7.20. The second-order valence-electron chi connectivity index (χ2n) is 5.97. The average molecular weight is 355 g/mol. The summed E-state index contributed by atoms with van der Waals surface area (Å²) in [5.74, 6) is 1.29. The Hall–Kier alpha value is -2.47. The third-order valence-corrected chi connectivity index (χ3v) is 5.33. The molecule has 0 aliphatic heterocycles. The van der Waals surface area contributed by atoms with Gasteiger partial charge in [0.15, 0.2) is 0 Å². The van der Waals surface area contributed by atoms with E-state index in [1.165, 1.54) is 11.3 Å². The summed E-state index contributed by atoms with van der Waals surface area (Å²) in [6.45, 7) is 7.92. The lowest BCUT2D eigenvalue weighted by Crippen LogP contribution is -2.12. The summed E-state index contributed by atoms with van der Waals surface area (Å²) in [7, 11) is 1.59. The fourth-order valence-corrected chi connectivity index (χ4v) is 4.01. The number of fused-ring (bicyclic) bond motifs is 1. The van der Waals surface area contributed by atoms with Crippen LogP contribution in [0.3, 0.4) is 0 Å². The van der Waals surface area contributed by atoms with Crippen LogP contribution in [0.1, 0.15) is 39.2 Å². The van der Waals surface area contributed by atoms with Crippen molar-refractivity contribution in [2.75, 3.05) is 12.4 Å². The van der Waals surface area contributed by atoms with Crippen LogP contribution in [0.4, 0.5) is 5.69 Å². The van der Waals surface area contributed by atoms with Crippen LogP contribution in [0.15, 0.2) is 18.2 Å². The number of methoxy groups -OCH3 is 1. The number of anilines is 1. The Balaban J connectivity index is 2.02. The summed E-state index contributed by atoms with van der Waals surface area (Å²) in [4.78, 5) is 23.5. The molecule has 0 fully saturated rings. The molecule has 0 saturated heterocycles. The van der Waals surface area contributed by atoms with Gasteiger partial charge in [0.05, 0.1) is 17.7 Å². The highest BCUT2D eigenvalue weighted by Gasteiger charge is 2.20. The minimum absolute atomic E-state index is 0.151. The number of nitrogens with zero attached hydrogens (tertiary/aromatic N) is 2. The van der Waals surface area contributed by atoms with Crippen molar-refractivity contribution in [1.29, 1.82) is 0 Å². The molecule has 3 rings (SSSR count). The summed E-state index contributed by atoms with van der Waals surface area (Å²) >= 11 is 1.41. The molecule has 0 radical (unpaired) electrons. The van der Waals surface area contributed by atoms with Crippen LogP contribution in [0.25, 0.3) is 10.2 Å². The summed E-state index contributed by atoms with van der Waals surface area (Å²) in [5.41, 5.74) is 3.56. The van der Waals surface area contributed by atoms with Crippen LogP contribution in [0, 0.1) is 20.8 Å². The van der Waals surface area contributed by atoms with E-state index in [1.807, 2.05) is 45.9 Å². The SMILES string of the molecule is CCc1nc(C)c2c(C)c(C(=O)Nc3cc(C)ccc3OC)sc2n1. The van der Waals surface area contributed by atoms with Gasteiger partial charge in [0.1, 0.15) is 16.4 Å². The summed E-state index contributed by atoms with van der Waals surface area (Å²) in [6, 6.07) is 5.70. The molecule has 0 atom stereocenters. The monoisotopic (exact) mass is 355 g/mol. The Bertz CT molecular complexity index is 963. The maximum Gasteiger partial charge on any atom is 0.266 e. The number of hydrogen-bond donors (Lipinski definition) is 1. The molecule has 130 valence electrons. The molecule has 3 aromatic rings. The number of amides is 1. The van der Waals surface area contributed by atoms with Gasteiger partial charge in [-0.1, -0.05) is 13.0 Å².